The summed E-state index contributed by atoms with van der Waals surface area (Å²) in [6, 6.07) is 7.89. The van der Waals surface area contributed by atoms with E-state index in [1.54, 1.807) is 0 Å². The smallest absolute Gasteiger partial charge is 0.225 e. The Morgan fingerprint density at radius 2 is 2.16 bits per heavy atom. The number of amides is 1. The molecular weight excluding hydrogens is 314 g/mol. The third-order valence-corrected chi connectivity index (χ3v) is 4.93. The van der Waals surface area contributed by atoms with Crippen LogP contribution in [-0.4, -0.2) is 25.7 Å². The van der Waals surface area contributed by atoms with E-state index in [0.29, 0.717) is 6.42 Å². The van der Waals surface area contributed by atoms with Crippen molar-refractivity contribution < 1.29 is 4.79 Å². The number of aromatic amines is 1. The predicted molar refractivity (Wildman–Crippen MR) is 96.1 cm³/mol. The first-order valence-corrected chi connectivity index (χ1v) is 8.98. The van der Waals surface area contributed by atoms with Gasteiger partial charge in [0.25, 0.3) is 0 Å². The summed E-state index contributed by atoms with van der Waals surface area (Å²) in [7, 11) is 0. The molecule has 3 heterocycles. The van der Waals surface area contributed by atoms with Gasteiger partial charge in [-0.25, -0.2) is 0 Å². The van der Waals surface area contributed by atoms with Crippen LogP contribution in [-0.2, 0) is 24.2 Å². The lowest BCUT2D eigenvalue weighted by Gasteiger charge is -2.15. The number of rotatable bonds is 4. The maximum atomic E-state index is 12.5. The standard InChI is InChI=1S/C19H23N5O/c1-13(19-23-22-17-9-3-2-6-10-24(17)19)21-18(25)11-14-12-20-16-8-5-4-7-15(14)16/h4-5,7-8,12-13,20H,2-3,6,9-11H2,1H3,(H,21,25). The largest absolute Gasteiger partial charge is 0.361 e. The lowest BCUT2D eigenvalue weighted by atomic mass is 10.1. The first-order valence-electron chi connectivity index (χ1n) is 8.98. The van der Waals surface area contributed by atoms with Gasteiger partial charge >= 0.3 is 0 Å². The summed E-state index contributed by atoms with van der Waals surface area (Å²) in [5, 5.41) is 12.8. The van der Waals surface area contributed by atoms with Crippen molar-refractivity contribution in [3.8, 4) is 0 Å². The van der Waals surface area contributed by atoms with Crippen molar-refractivity contribution >= 4 is 16.8 Å². The maximum absolute atomic E-state index is 12.5. The van der Waals surface area contributed by atoms with Crippen LogP contribution in [0.5, 0.6) is 0 Å². The average molecular weight is 337 g/mol. The molecule has 4 rings (SSSR count). The van der Waals surface area contributed by atoms with Gasteiger partial charge < -0.3 is 14.9 Å². The van der Waals surface area contributed by atoms with Gasteiger partial charge in [-0.15, -0.1) is 10.2 Å². The van der Waals surface area contributed by atoms with Gasteiger partial charge in [-0.2, -0.15) is 0 Å². The van der Waals surface area contributed by atoms with Crippen LogP contribution in [0.1, 0.15) is 49.4 Å². The van der Waals surface area contributed by atoms with Crippen LogP contribution < -0.4 is 5.32 Å². The van der Waals surface area contributed by atoms with Crippen molar-refractivity contribution in [2.45, 2.75) is 51.6 Å². The molecular formula is C19H23N5O. The highest BCUT2D eigenvalue weighted by molar-refractivity contribution is 5.88. The molecule has 3 aromatic rings. The Hall–Kier alpha value is -2.63. The predicted octanol–water partition coefficient (Wildman–Crippen LogP) is 2.91. The molecule has 6 heteroatoms. The molecule has 2 aromatic heterocycles. The summed E-state index contributed by atoms with van der Waals surface area (Å²) in [5.74, 6) is 1.91. The van der Waals surface area contributed by atoms with E-state index < -0.39 is 0 Å². The molecule has 2 N–H and O–H groups in total. The molecule has 1 amide bonds. The van der Waals surface area contributed by atoms with Gasteiger partial charge in [0.15, 0.2) is 5.82 Å². The zero-order valence-electron chi connectivity index (χ0n) is 14.5. The monoisotopic (exact) mass is 337 g/mol. The van der Waals surface area contributed by atoms with E-state index in [1.165, 1.54) is 12.8 Å². The van der Waals surface area contributed by atoms with Gasteiger partial charge in [-0.3, -0.25) is 4.79 Å². The van der Waals surface area contributed by atoms with E-state index in [2.05, 4.69) is 25.1 Å². The van der Waals surface area contributed by atoms with Crippen molar-refractivity contribution in [3.63, 3.8) is 0 Å². The molecule has 0 aliphatic carbocycles. The zero-order chi connectivity index (χ0) is 17.2. The lowest BCUT2D eigenvalue weighted by molar-refractivity contribution is -0.121. The molecule has 0 bridgehead atoms. The number of nitrogens with one attached hydrogen (secondary N) is 2. The fourth-order valence-electron chi connectivity index (χ4n) is 3.64. The number of nitrogens with zero attached hydrogens (tertiary/aromatic N) is 3. The molecule has 1 aliphatic heterocycles. The van der Waals surface area contributed by atoms with E-state index in [1.807, 2.05) is 37.4 Å². The summed E-state index contributed by atoms with van der Waals surface area (Å²) < 4.78 is 2.18. The van der Waals surface area contributed by atoms with Gasteiger partial charge in [-0.1, -0.05) is 24.6 Å². The van der Waals surface area contributed by atoms with Crippen molar-refractivity contribution in [3.05, 3.63) is 47.7 Å². The maximum Gasteiger partial charge on any atom is 0.225 e. The van der Waals surface area contributed by atoms with Crippen LogP contribution in [0.4, 0.5) is 0 Å². The van der Waals surface area contributed by atoms with Crippen LogP contribution in [0, 0.1) is 0 Å². The Bertz CT molecular complexity index is 894. The number of hydrogen-bond acceptors (Lipinski definition) is 3. The Morgan fingerprint density at radius 1 is 1.28 bits per heavy atom. The second-order valence-corrected chi connectivity index (χ2v) is 6.76. The highest BCUT2D eigenvalue weighted by Gasteiger charge is 2.21. The number of carbonyl (C=O) groups excluding carboxylic acids is 1. The Kier molecular flexibility index (Phi) is 4.26. The van der Waals surface area contributed by atoms with Crippen molar-refractivity contribution in [2.24, 2.45) is 0 Å². The molecule has 25 heavy (non-hydrogen) atoms. The molecule has 0 saturated carbocycles. The van der Waals surface area contributed by atoms with E-state index in [4.69, 9.17) is 0 Å². The third-order valence-electron chi connectivity index (χ3n) is 4.93. The second-order valence-electron chi connectivity index (χ2n) is 6.76. The van der Waals surface area contributed by atoms with Crippen molar-refractivity contribution in [1.82, 2.24) is 25.1 Å². The highest BCUT2D eigenvalue weighted by atomic mass is 16.1. The number of aryl methyl sites for hydroxylation is 1. The molecule has 1 atom stereocenters. The summed E-state index contributed by atoms with van der Waals surface area (Å²) in [5.41, 5.74) is 2.07. The summed E-state index contributed by atoms with van der Waals surface area (Å²) in [4.78, 5) is 15.7. The molecule has 6 nitrogen and oxygen atoms in total. The molecule has 1 aliphatic rings. The Morgan fingerprint density at radius 3 is 3.08 bits per heavy atom. The van der Waals surface area contributed by atoms with Crippen molar-refractivity contribution in [1.29, 1.82) is 0 Å². The van der Waals surface area contributed by atoms with Crippen LogP contribution in [0.25, 0.3) is 10.9 Å². The lowest BCUT2D eigenvalue weighted by Crippen LogP contribution is -2.30. The van der Waals surface area contributed by atoms with E-state index in [-0.39, 0.29) is 11.9 Å². The normalized spacial score (nSPS) is 15.6. The van der Waals surface area contributed by atoms with Gasteiger partial charge in [0.1, 0.15) is 5.82 Å². The van der Waals surface area contributed by atoms with Gasteiger partial charge in [0, 0.05) is 30.1 Å². The first kappa shape index (κ1) is 15.9. The number of para-hydroxylation sites is 1. The molecule has 0 radical (unpaired) electrons. The molecule has 0 spiro atoms. The molecule has 0 fully saturated rings. The third kappa shape index (κ3) is 3.16. The minimum absolute atomic E-state index is 0.00299. The van der Waals surface area contributed by atoms with Crippen LogP contribution >= 0.6 is 0 Å². The second kappa shape index (κ2) is 6.70. The quantitative estimate of drug-likeness (QED) is 0.768. The zero-order valence-corrected chi connectivity index (χ0v) is 14.5. The number of H-pyrrole nitrogens is 1. The van der Waals surface area contributed by atoms with Gasteiger partial charge in [0.2, 0.25) is 5.91 Å². The first-order chi connectivity index (χ1) is 12.2. The SMILES string of the molecule is CC(NC(=O)Cc1c[nH]c2ccccc12)c1nnc2n1CCCCC2. The number of benzene rings is 1. The van der Waals surface area contributed by atoms with Gasteiger partial charge in [0.05, 0.1) is 12.5 Å². The van der Waals surface area contributed by atoms with Crippen molar-refractivity contribution in [2.75, 3.05) is 0 Å². The number of aromatic nitrogens is 4. The fourth-order valence-corrected chi connectivity index (χ4v) is 3.64. The van der Waals surface area contributed by atoms with Crippen LogP contribution in [0.2, 0.25) is 0 Å². The Labute approximate surface area is 146 Å². The topological polar surface area (TPSA) is 75.6 Å². The molecule has 130 valence electrons. The minimum Gasteiger partial charge on any atom is -0.361 e. The number of hydrogen-bond donors (Lipinski definition) is 2. The fraction of sp³-hybridized carbons (Fsp3) is 0.421. The number of fused-ring (bicyclic) bond motifs is 2. The summed E-state index contributed by atoms with van der Waals surface area (Å²) >= 11 is 0. The minimum atomic E-state index is -0.142. The molecule has 1 aromatic carbocycles. The van der Waals surface area contributed by atoms with E-state index in [0.717, 1.165) is 47.5 Å². The highest BCUT2D eigenvalue weighted by Crippen LogP contribution is 2.20. The van der Waals surface area contributed by atoms with Crippen LogP contribution in [0.3, 0.4) is 0 Å². The van der Waals surface area contributed by atoms with Gasteiger partial charge in [-0.05, 0) is 31.4 Å². The van der Waals surface area contributed by atoms with E-state index in [9.17, 15) is 4.79 Å². The number of carbonyl (C=O) groups is 1. The van der Waals surface area contributed by atoms with E-state index >= 15 is 0 Å². The summed E-state index contributed by atoms with van der Waals surface area (Å²) in [6.45, 7) is 2.93. The summed E-state index contributed by atoms with van der Waals surface area (Å²) in [6.07, 6.45) is 6.79. The Balaban J connectivity index is 1.47. The molecule has 0 saturated heterocycles. The molecule has 1 unspecified atom stereocenters. The average Bonchev–Trinajstić information content (AvgIpc) is 3.12. The van der Waals surface area contributed by atoms with Crippen LogP contribution in [0.15, 0.2) is 30.5 Å².